The SMILES string of the molecule is O=C(COc1ccc2c(c1)OCO2)NCCOc1ccc(-c2ccccc2)nn1. The summed E-state index contributed by atoms with van der Waals surface area (Å²) < 4.78 is 21.5. The molecule has 0 spiro atoms. The van der Waals surface area contributed by atoms with Crippen LogP contribution in [-0.2, 0) is 4.79 Å². The molecule has 0 radical (unpaired) electrons. The van der Waals surface area contributed by atoms with Crippen LogP contribution in [0.1, 0.15) is 0 Å². The van der Waals surface area contributed by atoms with Gasteiger partial charge in [0.2, 0.25) is 12.7 Å². The minimum Gasteiger partial charge on any atom is -0.484 e. The Morgan fingerprint density at radius 1 is 0.966 bits per heavy atom. The summed E-state index contributed by atoms with van der Waals surface area (Å²) in [5.41, 5.74) is 1.76. The van der Waals surface area contributed by atoms with Gasteiger partial charge in [-0.15, -0.1) is 10.2 Å². The monoisotopic (exact) mass is 393 g/mol. The smallest absolute Gasteiger partial charge is 0.258 e. The Bertz CT molecular complexity index is 964. The van der Waals surface area contributed by atoms with Crippen LogP contribution in [-0.4, -0.2) is 42.7 Å². The average Bonchev–Trinajstić information content (AvgIpc) is 3.24. The maximum absolute atomic E-state index is 11.9. The second-order valence-corrected chi connectivity index (χ2v) is 6.12. The van der Waals surface area contributed by atoms with E-state index in [2.05, 4.69) is 15.5 Å². The number of nitrogens with zero attached hydrogens (tertiary/aromatic N) is 2. The zero-order valence-corrected chi connectivity index (χ0v) is 15.5. The summed E-state index contributed by atoms with van der Waals surface area (Å²) in [6, 6.07) is 18.5. The molecule has 4 rings (SSSR count). The van der Waals surface area contributed by atoms with Crippen LogP contribution in [0.4, 0.5) is 0 Å². The van der Waals surface area contributed by atoms with Crippen molar-refractivity contribution >= 4 is 5.91 Å². The van der Waals surface area contributed by atoms with Gasteiger partial charge in [0.15, 0.2) is 18.1 Å². The third kappa shape index (κ3) is 4.92. The highest BCUT2D eigenvalue weighted by Gasteiger charge is 2.14. The van der Waals surface area contributed by atoms with Gasteiger partial charge in [-0.05, 0) is 18.2 Å². The third-order valence-corrected chi connectivity index (χ3v) is 4.10. The molecule has 1 aliphatic heterocycles. The summed E-state index contributed by atoms with van der Waals surface area (Å²) >= 11 is 0. The normalized spacial score (nSPS) is 11.7. The van der Waals surface area contributed by atoms with E-state index in [-0.39, 0.29) is 25.9 Å². The zero-order chi connectivity index (χ0) is 19.9. The van der Waals surface area contributed by atoms with E-state index >= 15 is 0 Å². The van der Waals surface area contributed by atoms with Gasteiger partial charge in [0.25, 0.3) is 5.91 Å². The fourth-order valence-electron chi connectivity index (χ4n) is 2.67. The molecule has 0 bridgehead atoms. The molecule has 8 heteroatoms. The molecule has 0 saturated carbocycles. The van der Waals surface area contributed by atoms with Crippen LogP contribution >= 0.6 is 0 Å². The summed E-state index contributed by atoms with van der Waals surface area (Å²) in [6.45, 7) is 0.685. The Hall–Kier alpha value is -3.81. The van der Waals surface area contributed by atoms with E-state index in [1.807, 2.05) is 36.4 Å². The van der Waals surface area contributed by atoms with Crippen LogP contribution in [0, 0.1) is 0 Å². The highest BCUT2D eigenvalue weighted by atomic mass is 16.7. The van der Waals surface area contributed by atoms with E-state index in [0.717, 1.165) is 11.3 Å². The Morgan fingerprint density at radius 3 is 2.66 bits per heavy atom. The molecule has 2 aromatic carbocycles. The van der Waals surface area contributed by atoms with Crippen LogP contribution in [0.15, 0.2) is 60.7 Å². The van der Waals surface area contributed by atoms with Crippen LogP contribution in [0.25, 0.3) is 11.3 Å². The maximum atomic E-state index is 11.9. The van der Waals surface area contributed by atoms with Crippen molar-refractivity contribution in [3.63, 3.8) is 0 Å². The van der Waals surface area contributed by atoms with Crippen molar-refractivity contribution < 1.29 is 23.7 Å². The largest absolute Gasteiger partial charge is 0.484 e. The number of hydrogen-bond acceptors (Lipinski definition) is 7. The summed E-state index contributed by atoms with van der Waals surface area (Å²) in [6.07, 6.45) is 0. The Morgan fingerprint density at radius 2 is 1.83 bits per heavy atom. The number of carbonyl (C=O) groups is 1. The molecule has 1 aromatic heterocycles. The fourth-order valence-corrected chi connectivity index (χ4v) is 2.67. The van der Waals surface area contributed by atoms with Gasteiger partial charge in [-0.1, -0.05) is 30.3 Å². The van der Waals surface area contributed by atoms with E-state index in [9.17, 15) is 4.79 Å². The fraction of sp³-hybridized carbons (Fsp3) is 0.190. The molecular weight excluding hydrogens is 374 g/mol. The molecule has 2 heterocycles. The first-order valence-corrected chi connectivity index (χ1v) is 9.09. The van der Waals surface area contributed by atoms with E-state index in [1.54, 1.807) is 24.3 Å². The van der Waals surface area contributed by atoms with Crippen molar-refractivity contribution in [3.8, 4) is 34.4 Å². The van der Waals surface area contributed by atoms with Crippen molar-refractivity contribution in [1.29, 1.82) is 0 Å². The molecule has 1 amide bonds. The van der Waals surface area contributed by atoms with Gasteiger partial charge in [0, 0.05) is 17.7 Å². The van der Waals surface area contributed by atoms with Gasteiger partial charge in [-0.25, -0.2) is 0 Å². The molecule has 8 nitrogen and oxygen atoms in total. The molecule has 3 aromatic rings. The summed E-state index contributed by atoms with van der Waals surface area (Å²) in [5, 5.41) is 10.9. The molecular formula is C21H19N3O5. The van der Waals surface area contributed by atoms with Gasteiger partial charge < -0.3 is 24.3 Å². The Balaban J connectivity index is 1.16. The number of fused-ring (bicyclic) bond motifs is 1. The molecule has 0 unspecified atom stereocenters. The molecule has 29 heavy (non-hydrogen) atoms. The molecule has 0 fully saturated rings. The minimum atomic E-state index is -0.253. The minimum absolute atomic E-state index is 0.106. The summed E-state index contributed by atoms with van der Waals surface area (Å²) in [5.74, 6) is 1.95. The summed E-state index contributed by atoms with van der Waals surface area (Å²) in [7, 11) is 0. The first-order valence-electron chi connectivity index (χ1n) is 9.09. The van der Waals surface area contributed by atoms with Crippen molar-refractivity contribution in [2.45, 2.75) is 0 Å². The second-order valence-electron chi connectivity index (χ2n) is 6.12. The van der Waals surface area contributed by atoms with Crippen LogP contribution in [0.2, 0.25) is 0 Å². The first-order chi connectivity index (χ1) is 14.3. The lowest BCUT2D eigenvalue weighted by molar-refractivity contribution is -0.123. The number of benzene rings is 2. The number of aromatic nitrogens is 2. The number of ether oxygens (including phenoxy) is 4. The predicted molar refractivity (Wildman–Crippen MR) is 104 cm³/mol. The van der Waals surface area contributed by atoms with Gasteiger partial charge in [-0.3, -0.25) is 4.79 Å². The quantitative estimate of drug-likeness (QED) is 0.588. The van der Waals surface area contributed by atoms with Gasteiger partial charge >= 0.3 is 0 Å². The van der Waals surface area contributed by atoms with Gasteiger partial charge in [0.1, 0.15) is 12.4 Å². The Labute approximate surface area is 167 Å². The maximum Gasteiger partial charge on any atom is 0.258 e. The molecule has 1 N–H and O–H groups in total. The molecule has 0 aliphatic carbocycles. The lowest BCUT2D eigenvalue weighted by Gasteiger charge is -2.09. The average molecular weight is 393 g/mol. The molecule has 0 atom stereocenters. The van der Waals surface area contributed by atoms with E-state index in [1.165, 1.54) is 0 Å². The molecule has 1 aliphatic rings. The highest BCUT2D eigenvalue weighted by Crippen LogP contribution is 2.35. The van der Waals surface area contributed by atoms with Gasteiger partial charge in [-0.2, -0.15) is 0 Å². The highest BCUT2D eigenvalue weighted by molar-refractivity contribution is 5.77. The first kappa shape index (κ1) is 18.5. The second kappa shape index (κ2) is 8.92. The predicted octanol–water partition coefficient (Wildman–Crippen LogP) is 2.45. The number of nitrogens with one attached hydrogen (secondary N) is 1. The van der Waals surface area contributed by atoms with Crippen LogP contribution in [0.3, 0.4) is 0 Å². The number of rotatable bonds is 8. The van der Waals surface area contributed by atoms with E-state index in [4.69, 9.17) is 18.9 Å². The lowest BCUT2D eigenvalue weighted by Crippen LogP contribution is -2.32. The van der Waals surface area contributed by atoms with Crippen LogP contribution in [0.5, 0.6) is 23.1 Å². The topological polar surface area (TPSA) is 91.8 Å². The van der Waals surface area contributed by atoms with Crippen molar-refractivity contribution in [2.75, 3.05) is 26.6 Å². The van der Waals surface area contributed by atoms with Crippen LogP contribution < -0.4 is 24.3 Å². The number of carbonyl (C=O) groups excluding carboxylic acids is 1. The lowest BCUT2D eigenvalue weighted by atomic mass is 10.1. The summed E-state index contributed by atoms with van der Waals surface area (Å²) in [4.78, 5) is 11.9. The van der Waals surface area contributed by atoms with Crippen molar-refractivity contribution in [1.82, 2.24) is 15.5 Å². The van der Waals surface area contributed by atoms with Gasteiger partial charge in [0.05, 0.1) is 12.2 Å². The van der Waals surface area contributed by atoms with Crippen molar-refractivity contribution in [2.24, 2.45) is 0 Å². The standard InChI is InChI=1S/C21H19N3O5/c25-20(13-27-16-6-8-18-19(12-16)29-14-28-18)22-10-11-26-21-9-7-17(23-24-21)15-4-2-1-3-5-15/h1-9,12H,10-11,13-14H2,(H,22,25). The zero-order valence-electron chi connectivity index (χ0n) is 15.5. The van der Waals surface area contributed by atoms with Crippen molar-refractivity contribution in [3.05, 3.63) is 60.7 Å². The van der Waals surface area contributed by atoms with E-state index in [0.29, 0.717) is 29.7 Å². The number of hydrogen-bond donors (Lipinski definition) is 1. The van der Waals surface area contributed by atoms with E-state index < -0.39 is 0 Å². The Kier molecular flexibility index (Phi) is 5.70. The third-order valence-electron chi connectivity index (χ3n) is 4.10. The molecule has 0 saturated heterocycles. The number of amides is 1. The molecule has 148 valence electrons.